The van der Waals surface area contributed by atoms with Gasteiger partial charge >= 0.3 is 0 Å². The Balaban J connectivity index is 1.60. The molecule has 1 amide bonds. The van der Waals surface area contributed by atoms with E-state index in [4.69, 9.17) is 4.74 Å². The molecule has 2 aromatic rings. The number of ether oxygens (including phenoxy) is 1. The Morgan fingerprint density at radius 2 is 2.37 bits per heavy atom. The third-order valence-corrected chi connectivity index (χ3v) is 3.96. The van der Waals surface area contributed by atoms with Crippen molar-refractivity contribution >= 4 is 17.2 Å². The molecule has 1 saturated heterocycles. The van der Waals surface area contributed by atoms with Crippen LogP contribution in [0.1, 0.15) is 16.1 Å². The Bertz CT molecular complexity index is 542. The third kappa shape index (κ3) is 2.76. The second-order valence-corrected chi connectivity index (χ2v) is 5.39. The summed E-state index contributed by atoms with van der Waals surface area (Å²) in [7, 11) is 0. The van der Waals surface area contributed by atoms with Crippen molar-refractivity contribution in [2.75, 3.05) is 13.1 Å². The van der Waals surface area contributed by atoms with E-state index in [2.05, 4.69) is 4.98 Å². The van der Waals surface area contributed by atoms with Crippen molar-refractivity contribution in [2.45, 2.75) is 12.5 Å². The van der Waals surface area contributed by atoms with Gasteiger partial charge in [-0.2, -0.15) is 0 Å². The lowest BCUT2D eigenvalue weighted by Gasteiger charge is -2.16. The Kier molecular flexibility index (Phi) is 3.46. The average molecular weight is 274 g/mol. The van der Waals surface area contributed by atoms with Gasteiger partial charge in [-0.1, -0.05) is 6.07 Å². The number of pyridine rings is 1. The lowest BCUT2D eigenvalue weighted by Crippen LogP contribution is -2.30. The van der Waals surface area contributed by atoms with Crippen LogP contribution in [0.4, 0.5) is 0 Å². The predicted molar refractivity (Wildman–Crippen MR) is 73.5 cm³/mol. The number of nitrogens with zero attached hydrogens (tertiary/aromatic N) is 2. The van der Waals surface area contributed by atoms with Crippen LogP contribution in [0.3, 0.4) is 0 Å². The molecule has 0 bridgehead atoms. The van der Waals surface area contributed by atoms with Crippen molar-refractivity contribution in [3.63, 3.8) is 0 Å². The highest BCUT2D eigenvalue weighted by atomic mass is 32.1. The van der Waals surface area contributed by atoms with Crippen LogP contribution in [0.25, 0.3) is 0 Å². The summed E-state index contributed by atoms with van der Waals surface area (Å²) in [4.78, 5) is 18.8. The molecular weight excluding hydrogens is 260 g/mol. The molecule has 19 heavy (non-hydrogen) atoms. The van der Waals surface area contributed by atoms with E-state index in [-0.39, 0.29) is 12.0 Å². The Labute approximate surface area is 115 Å². The van der Waals surface area contributed by atoms with Crippen LogP contribution < -0.4 is 4.74 Å². The second-order valence-electron chi connectivity index (χ2n) is 4.45. The molecule has 3 rings (SSSR count). The van der Waals surface area contributed by atoms with Gasteiger partial charge in [0.2, 0.25) is 0 Å². The Morgan fingerprint density at radius 1 is 1.42 bits per heavy atom. The first-order valence-electron chi connectivity index (χ1n) is 6.22. The maximum Gasteiger partial charge on any atom is 0.264 e. The molecular formula is C14H14N2O2S. The summed E-state index contributed by atoms with van der Waals surface area (Å²) in [5.41, 5.74) is 0. The Hall–Kier alpha value is -1.88. The Morgan fingerprint density at radius 3 is 3.11 bits per heavy atom. The molecule has 0 radical (unpaired) electrons. The number of thiophene rings is 1. The zero-order chi connectivity index (χ0) is 13.1. The zero-order valence-corrected chi connectivity index (χ0v) is 11.2. The number of aromatic nitrogens is 1. The van der Waals surface area contributed by atoms with E-state index < -0.39 is 0 Å². The van der Waals surface area contributed by atoms with Gasteiger partial charge in [0.1, 0.15) is 11.9 Å². The van der Waals surface area contributed by atoms with Crippen molar-refractivity contribution in [3.8, 4) is 5.75 Å². The van der Waals surface area contributed by atoms with Gasteiger partial charge in [0, 0.05) is 19.2 Å². The van der Waals surface area contributed by atoms with E-state index in [1.807, 2.05) is 34.5 Å². The molecule has 1 unspecified atom stereocenters. The van der Waals surface area contributed by atoms with Crippen molar-refractivity contribution in [2.24, 2.45) is 0 Å². The highest BCUT2D eigenvalue weighted by molar-refractivity contribution is 7.12. The number of rotatable bonds is 3. The number of hydrogen-bond donors (Lipinski definition) is 0. The molecule has 1 fully saturated rings. The molecule has 1 aliphatic heterocycles. The SMILES string of the molecule is O=C(c1cccs1)N1CCC(Oc2cccnc2)C1. The molecule has 1 aliphatic rings. The summed E-state index contributed by atoms with van der Waals surface area (Å²) in [5, 5.41) is 1.92. The molecule has 0 aliphatic carbocycles. The monoisotopic (exact) mass is 274 g/mol. The normalized spacial score (nSPS) is 18.5. The largest absolute Gasteiger partial charge is 0.487 e. The molecule has 0 aromatic carbocycles. The summed E-state index contributed by atoms with van der Waals surface area (Å²) in [5.74, 6) is 0.866. The van der Waals surface area contributed by atoms with E-state index in [1.54, 1.807) is 12.4 Å². The quantitative estimate of drug-likeness (QED) is 0.863. The van der Waals surface area contributed by atoms with Gasteiger partial charge in [-0.05, 0) is 23.6 Å². The van der Waals surface area contributed by atoms with Gasteiger partial charge in [0.25, 0.3) is 5.91 Å². The molecule has 98 valence electrons. The number of hydrogen-bond acceptors (Lipinski definition) is 4. The van der Waals surface area contributed by atoms with Crippen LogP contribution in [0.2, 0.25) is 0 Å². The zero-order valence-electron chi connectivity index (χ0n) is 10.4. The number of likely N-dealkylation sites (tertiary alicyclic amines) is 1. The number of carbonyl (C=O) groups excluding carboxylic acids is 1. The maximum atomic E-state index is 12.2. The minimum absolute atomic E-state index is 0.0631. The van der Waals surface area contributed by atoms with Gasteiger partial charge < -0.3 is 9.64 Å². The molecule has 1 atom stereocenters. The highest BCUT2D eigenvalue weighted by Gasteiger charge is 2.28. The topological polar surface area (TPSA) is 42.4 Å². The molecule has 3 heterocycles. The third-order valence-electron chi connectivity index (χ3n) is 3.10. The summed E-state index contributed by atoms with van der Waals surface area (Å²) in [6.07, 6.45) is 4.34. The molecule has 0 spiro atoms. The van der Waals surface area contributed by atoms with Crippen LogP contribution in [0, 0.1) is 0 Å². The average Bonchev–Trinajstić information content (AvgIpc) is 3.10. The second kappa shape index (κ2) is 5.40. The van der Waals surface area contributed by atoms with Crippen molar-refractivity contribution < 1.29 is 9.53 Å². The standard InChI is InChI=1S/C14H14N2O2S/c17-14(13-4-2-8-19-13)16-7-5-12(10-16)18-11-3-1-6-15-9-11/h1-4,6,8-9,12H,5,7,10H2. The summed E-state index contributed by atoms with van der Waals surface area (Å²) >= 11 is 1.48. The first-order valence-corrected chi connectivity index (χ1v) is 7.10. The highest BCUT2D eigenvalue weighted by Crippen LogP contribution is 2.20. The minimum Gasteiger partial charge on any atom is -0.487 e. The molecule has 0 N–H and O–H groups in total. The fourth-order valence-corrected chi connectivity index (χ4v) is 2.86. The van der Waals surface area contributed by atoms with Crippen LogP contribution in [0.15, 0.2) is 42.0 Å². The van der Waals surface area contributed by atoms with Gasteiger partial charge in [-0.25, -0.2) is 0 Å². The van der Waals surface area contributed by atoms with Crippen LogP contribution in [-0.4, -0.2) is 35.0 Å². The molecule has 0 saturated carbocycles. The molecule has 5 heteroatoms. The first-order chi connectivity index (χ1) is 9.33. The van der Waals surface area contributed by atoms with Crippen LogP contribution in [-0.2, 0) is 0 Å². The maximum absolute atomic E-state index is 12.2. The van der Waals surface area contributed by atoms with E-state index >= 15 is 0 Å². The van der Waals surface area contributed by atoms with Crippen molar-refractivity contribution in [3.05, 3.63) is 46.9 Å². The van der Waals surface area contributed by atoms with Gasteiger partial charge in [0.05, 0.1) is 17.6 Å². The lowest BCUT2D eigenvalue weighted by molar-refractivity contribution is 0.0777. The van der Waals surface area contributed by atoms with Gasteiger partial charge in [-0.15, -0.1) is 11.3 Å². The van der Waals surface area contributed by atoms with Crippen LogP contribution in [0.5, 0.6) is 5.75 Å². The van der Waals surface area contributed by atoms with E-state index in [1.165, 1.54) is 11.3 Å². The summed E-state index contributed by atoms with van der Waals surface area (Å²) < 4.78 is 5.82. The van der Waals surface area contributed by atoms with Gasteiger partial charge in [0.15, 0.2) is 0 Å². The molecule has 4 nitrogen and oxygen atoms in total. The van der Waals surface area contributed by atoms with E-state index in [0.29, 0.717) is 6.54 Å². The fourth-order valence-electron chi connectivity index (χ4n) is 2.17. The predicted octanol–water partition coefficient (Wildman–Crippen LogP) is 2.44. The van der Waals surface area contributed by atoms with E-state index in [9.17, 15) is 4.79 Å². The van der Waals surface area contributed by atoms with E-state index in [0.717, 1.165) is 23.6 Å². The van der Waals surface area contributed by atoms with Crippen molar-refractivity contribution in [1.29, 1.82) is 0 Å². The lowest BCUT2D eigenvalue weighted by atomic mass is 10.3. The summed E-state index contributed by atoms with van der Waals surface area (Å²) in [6, 6.07) is 7.50. The number of carbonyl (C=O) groups is 1. The first kappa shape index (κ1) is 12.2. The van der Waals surface area contributed by atoms with Gasteiger partial charge in [-0.3, -0.25) is 9.78 Å². The summed E-state index contributed by atoms with van der Waals surface area (Å²) in [6.45, 7) is 1.40. The minimum atomic E-state index is 0.0631. The smallest absolute Gasteiger partial charge is 0.264 e. The molecule has 2 aromatic heterocycles. The van der Waals surface area contributed by atoms with Crippen LogP contribution >= 0.6 is 11.3 Å². The van der Waals surface area contributed by atoms with Crippen molar-refractivity contribution in [1.82, 2.24) is 9.88 Å². The fraction of sp³-hybridized carbons (Fsp3) is 0.286. The number of amides is 1.